The predicted molar refractivity (Wildman–Crippen MR) is 131 cm³/mol. The fraction of sp³-hybridized carbons (Fsp3) is 0.200. The fourth-order valence-corrected chi connectivity index (χ4v) is 4.31. The van der Waals surface area contributed by atoms with Gasteiger partial charge in [0.25, 0.3) is 0 Å². The summed E-state index contributed by atoms with van der Waals surface area (Å²) in [5, 5.41) is 1.11. The Labute approximate surface area is 205 Å². The van der Waals surface area contributed by atoms with E-state index in [0.29, 0.717) is 28.5 Å². The van der Waals surface area contributed by atoms with E-state index in [2.05, 4.69) is 18.2 Å². The maximum absolute atomic E-state index is 15.2. The van der Waals surface area contributed by atoms with Gasteiger partial charge < -0.3 is 0 Å². The molecule has 0 bridgehead atoms. The third-order valence-corrected chi connectivity index (χ3v) is 6.23. The van der Waals surface area contributed by atoms with Gasteiger partial charge in [-0.15, -0.1) is 0 Å². The van der Waals surface area contributed by atoms with Crippen LogP contribution in [-0.2, 0) is 25.4 Å². The van der Waals surface area contributed by atoms with Gasteiger partial charge in [0.2, 0.25) is 0 Å². The smallest absolute Gasteiger partial charge is 0.206 e. The molecule has 0 radical (unpaired) electrons. The molecule has 0 unspecified atom stereocenters. The number of hydrogen-bond acceptors (Lipinski definition) is 0. The Kier molecular flexibility index (Phi) is 7.53. The Morgan fingerprint density at radius 3 is 2.00 bits per heavy atom. The van der Waals surface area contributed by atoms with Gasteiger partial charge in [-0.1, -0.05) is 60.7 Å². The van der Waals surface area contributed by atoms with E-state index in [1.807, 2.05) is 37.3 Å². The number of alkyl halides is 3. The highest BCUT2D eigenvalue weighted by Crippen LogP contribution is 2.34. The first-order chi connectivity index (χ1) is 17.2. The molecular weight excluding hydrogens is 474 g/mol. The Morgan fingerprint density at radius 2 is 1.36 bits per heavy atom. The van der Waals surface area contributed by atoms with Crippen LogP contribution in [0.2, 0.25) is 0 Å². The molecular formula is C30H24F6. The zero-order chi connectivity index (χ0) is 25.9. The monoisotopic (exact) mass is 498 g/mol. The Morgan fingerprint density at radius 1 is 0.694 bits per heavy atom. The highest BCUT2D eigenvalue weighted by Gasteiger charge is 2.37. The average molecular weight is 499 g/mol. The van der Waals surface area contributed by atoms with Gasteiger partial charge in [-0.25, -0.2) is 13.2 Å². The SMILES string of the molecule is C/C=C/CCc1ccc(-c2ccc3c(F)c(CCc4cc(F)c(C(F)(F)F)c(F)c4)ccc3c2)cc1. The second-order valence-corrected chi connectivity index (χ2v) is 8.71. The normalized spacial score (nSPS) is 12.1. The van der Waals surface area contributed by atoms with Gasteiger partial charge in [0.1, 0.15) is 23.0 Å². The molecule has 0 aliphatic heterocycles. The van der Waals surface area contributed by atoms with Crippen LogP contribution in [0.25, 0.3) is 21.9 Å². The number of halogens is 6. The molecule has 0 N–H and O–H groups in total. The third-order valence-electron chi connectivity index (χ3n) is 6.23. The topological polar surface area (TPSA) is 0 Å². The van der Waals surface area contributed by atoms with Gasteiger partial charge >= 0.3 is 6.18 Å². The van der Waals surface area contributed by atoms with Crippen molar-refractivity contribution in [2.24, 2.45) is 0 Å². The van der Waals surface area contributed by atoms with E-state index in [0.717, 1.165) is 24.0 Å². The molecule has 186 valence electrons. The van der Waals surface area contributed by atoms with E-state index in [1.54, 1.807) is 18.2 Å². The summed E-state index contributed by atoms with van der Waals surface area (Å²) in [5.74, 6) is -3.80. The van der Waals surface area contributed by atoms with Crippen molar-refractivity contribution in [1.82, 2.24) is 0 Å². The number of fused-ring (bicyclic) bond motifs is 1. The first-order valence-electron chi connectivity index (χ1n) is 11.6. The molecule has 0 atom stereocenters. The highest BCUT2D eigenvalue weighted by molar-refractivity contribution is 5.88. The number of hydrogen-bond donors (Lipinski definition) is 0. The molecule has 0 heterocycles. The lowest BCUT2D eigenvalue weighted by molar-refractivity contribution is -0.142. The fourth-order valence-electron chi connectivity index (χ4n) is 4.31. The molecule has 0 aliphatic rings. The van der Waals surface area contributed by atoms with Crippen LogP contribution < -0.4 is 0 Å². The summed E-state index contributed by atoms with van der Waals surface area (Å²) in [4.78, 5) is 0. The van der Waals surface area contributed by atoms with E-state index in [9.17, 15) is 22.0 Å². The molecule has 0 aliphatic carbocycles. The summed E-state index contributed by atoms with van der Waals surface area (Å²) in [6.45, 7) is 2.00. The quantitative estimate of drug-likeness (QED) is 0.176. The van der Waals surface area contributed by atoms with Crippen LogP contribution in [0.1, 0.15) is 35.6 Å². The van der Waals surface area contributed by atoms with Crippen LogP contribution in [0, 0.1) is 17.5 Å². The summed E-state index contributed by atoms with van der Waals surface area (Å²) >= 11 is 0. The van der Waals surface area contributed by atoms with Crippen molar-refractivity contribution >= 4 is 10.8 Å². The summed E-state index contributed by atoms with van der Waals surface area (Å²) in [6.07, 6.45) is 1.06. The van der Waals surface area contributed by atoms with Crippen molar-refractivity contribution < 1.29 is 26.3 Å². The van der Waals surface area contributed by atoms with Crippen molar-refractivity contribution in [3.8, 4) is 11.1 Å². The minimum atomic E-state index is -5.12. The summed E-state index contributed by atoms with van der Waals surface area (Å²) in [5.41, 5.74) is 1.64. The minimum Gasteiger partial charge on any atom is -0.206 e. The van der Waals surface area contributed by atoms with Crippen LogP contribution in [0.4, 0.5) is 26.3 Å². The van der Waals surface area contributed by atoms with Gasteiger partial charge in [0.15, 0.2) is 0 Å². The highest BCUT2D eigenvalue weighted by atomic mass is 19.4. The first kappa shape index (κ1) is 25.5. The van der Waals surface area contributed by atoms with Gasteiger partial charge in [0.05, 0.1) is 0 Å². The molecule has 0 saturated heterocycles. The molecule has 0 spiro atoms. The van der Waals surface area contributed by atoms with Gasteiger partial charge in [-0.05, 0) is 84.0 Å². The van der Waals surface area contributed by atoms with Crippen molar-refractivity contribution in [2.75, 3.05) is 0 Å². The van der Waals surface area contributed by atoms with Crippen LogP contribution in [0.3, 0.4) is 0 Å². The second kappa shape index (κ2) is 10.6. The van der Waals surface area contributed by atoms with Crippen molar-refractivity contribution in [3.05, 3.63) is 119 Å². The van der Waals surface area contributed by atoms with Gasteiger partial charge in [-0.2, -0.15) is 13.2 Å². The molecule has 4 aromatic rings. The van der Waals surface area contributed by atoms with Crippen LogP contribution in [0.5, 0.6) is 0 Å². The number of aryl methyl sites for hydroxylation is 3. The lowest BCUT2D eigenvalue weighted by Gasteiger charge is -2.12. The van der Waals surface area contributed by atoms with Gasteiger partial charge in [-0.3, -0.25) is 0 Å². The summed E-state index contributed by atoms with van der Waals surface area (Å²) in [7, 11) is 0. The first-order valence-corrected chi connectivity index (χ1v) is 11.6. The van der Waals surface area contributed by atoms with Crippen molar-refractivity contribution in [2.45, 2.75) is 38.8 Å². The molecule has 36 heavy (non-hydrogen) atoms. The molecule has 6 heteroatoms. The van der Waals surface area contributed by atoms with Crippen LogP contribution >= 0.6 is 0 Å². The number of benzene rings is 4. The molecule has 0 amide bonds. The minimum absolute atomic E-state index is 0.00706. The standard InChI is InChI=1S/C30H24F6/c1-2-3-4-5-19-6-9-21(10-7-19)23-14-15-25-24(18-23)13-12-22(29(25)33)11-8-20-16-26(31)28(27(32)17-20)30(34,35)36/h2-3,6-7,9-10,12-18H,4-5,8,11H2,1H3/b3-2+. The lowest BCUT2D eigenvalue weighted by atomic mass is 9.96. The van der Waals surface area contributed by atoms with Gasteiger partial charge in [0, 0.05) is 5.39 Å². The number of rotatable bonds is 7. The maximum Gasteiger partial charge on any atom is 0.422 e. The third kappa shape index (κ3) is 5.64. The van der Waals surface area contributed by atoms with E-state index in [-0.39, 0.29) is 18.4 Å². The van der Waals surface area contributed by atoms with E-state index < -0.39 is 29.2 Å². The maximum atomic E-state index is 15.2. The largest absolute Gasteiger partial charge is 0.422 e. The zero-order valence-corrected chi connectivity index (χ0v) is 19.6. The van der Waals surface area contributed by atoms with E-state index in [1.165, 1.54) is 5.56 Å². The molecule has 0 aromatic heterocycles. The zero-order valence-electron chi connectivity index (χ0n) is 19.6. The molecule has 4 rings (SSSR count). The second-order valence-electron chi connectivity index (χ2n) is 8.71. The Bertz CT molecular complexity index is 1370. The molecule has 0 fully saturated rings. The van der Waals surface area contributed by atoms with Crippen LogP contribution in [0.15, 0.2) is 78.9 Å². The molecule has 0 nitrogen and oxygen atoms in total. The van der Waals surface area contributed by atoms with Crippen molar-refractivity contribution in [3.63, 3.8) is 0 Å². The molecule has 4 aromatic carbocycles. The van der Waals surface area contributed by atoms with E-state index in [4.69, 9.17) is 0 Å². The number of allylic oxidation sites excluding steroid dienone is 2. The Balaban J connectivity index is 1.52. The predicted octanol–water partition coefficient (Wildman–Crippen LogP) is 9.24. The lowest BCUT2D eigenvalue weighted by Crippen LogP contribution is -2.12. The van der Waals surface area contributed by atoms with Crippen molar-refractivity contribution in [1.29, 1.82) is 0 Å². The molecule has 0 saturated carbocycles. The van der Waals surface area contributed by atoms with Crippen LogP contribution in [-0.4, -0.2) is 0 Å². The van der Waals surface area contributed by atoms with E-state index >= 15 is 4.39 Å². The Hall–Kier alpha value is -3.54. The average Bonchev–Trinajstić information content (AvgIpc) is 2.83. The summed E-state index contributed by atoms with van der Waals surface area (Å²) < 4.78 is 81.2. The summed E-state index contributed by atoms with van der Waals surface area (Å²) in [6, 6.07) is 18.4.